The number of benzene rings is 1. The molecule has 1 aliphatic rings. The first-order chi connectivity index (χ1) is 9.77. The second kappa shape index (κ2) is 8.79. The number of thiophene rings is 1. The third kappa shape index (κ3) is 3.97. The molecule has 0 unspecified atom stereocenters. The van der Waals surface area contributed by atoms with Crippen molar-refractivity contribution in [2.24, 2.45) is 0 Å². The smallest absolute Gasteiger partial charge is 0.163 e. The van der Waals surface area contributed by atoms with Crippen molar-refractivity contribution in [1.82, 2.24) is 10.2 Å². The van der Waals surface area contributed by atoms with Crippen LogP contribution in [0.3, 0.4) is 0 Å². The largest absolute Gasteiger partial charge is 0.314 e. The van der Waals surface area contributed by atoms with Gasteiger partial charge in [0.25, 0.3) is 0 Å². The molecular formula is C15H18Cl2F2N2S. The van der Waals surface area contributed by atoms with Crippen LogP contribution in [0, 0.1) is 11.6 Å². The fourth-order valence-corrected chi connectivity index (χ4v) is 3.53. The van der Waals surface area contributed by atoms with Gasteiger partial charge < -0.3 is 5.32 Å². The first-order valence-corrected chi connectivity index (χ1v) is 7.57. The van der Waals surface area contributed by atoms with Gasteiger partial charge >= 0.3 is 0 Å². The van der Waals surface area contributed by atoms with Crippen molar-refractivity contribution >= 4 is 36.2 Å². The molecule has 0 amide bonds. The molecule has 0 saturated carbocycles. The lowest BCUT2D eigenvalue weighted by Crippen LogP contribution is -2.45. The van der Waals surface area contributed by atoms with Gasteiger partial charge in [-0.15, -0.1) is 36.2 Å². The second-order valence-electron chi connectivity index (χ2n) is 4.85. The summed E-state index contributed by atoms with van der Waals surface area (Å²) in [6.45, 7) is 3.41. The predicted molar refractivity (Wildman–Crippen MR) is 91.5 cm³/mol. The van der Waals surface area contributed by atoms with Crippen LogP contribution in [0.25, 0.3) is 0 Å². The lowest BCUT2D eigenvalue weighted by molar-refractivity contribution is 0.197. The van der Waals surface area contributed by atoms with Crippen molar-refractivity contribution in [3.05, 3.63) is 57.8 Å². The van der Waals surface area contributed by atoms with E-state index in [1.165, 1.54) is 6.07 Å². The molecule has 1 aliphatic heterocycles. The highest BCUT2D eigenvalue weighted by Gasteiger charge is 2.27. The van der Waals surface area contributed by atoms with E-state index in [1.54, 1.807) is 23.5 Å². The van der Waals surface area contributed by atoms with Crippen molar-refractivity contribution < 1.29 is 8.78 Å². The molecule has 0 radical (unpaired) electrons. The van der Waals surface area contributed by atoms with E-state index in [4.69, 9.17) is 0 Å². The Kier molecular flexibility index (Phi) is 7.72. The molecule has 1 atom stereocenters. The second-order valence-corrected chi connectivity index (χ2v) is 5.83. The van der Waals surface area contributed by atoms with E-state index in [0.717, 1.165) is 31.1 Å². The zero-order chi connectivity index (χ0) is 13.9. The molecule has 1 N–H and O–H groups in total. The van der Waals surface area contributed by atoms with Crippen LogP contribution in [-0.2, 0) is 0 Å². The van der Waals surface area contributed by atoms with E-state index in [2.05, 4.69) is 10.2 Å². The van der Waals surface area contributed by atoms with Crippen LogP contribution < -0.4 is 5.32 Å². The van der Waals surface area contributed by atoms with Crippen LogP contribution in [0.15, 0.2) is 35.7 Å². The number of nitrogens with one attached hydrogen (secondary N) is 1. The van der Waals surface area contributed by atoms with Gasteiger partial charge in [-0.05, 0) is 17.5 Å². The van der Waals surface area contributed by atoms with E-state index >= 15 is 0 Å². The van der Waals surface area contributed by atoms with Crippen LogP contribution in [0.4, 0.5) is 8.78 Å². The van der Waals surface area contributed by atoms with Crippen LogP contribution >= 0.6 is 36.2 Å². The molecule has 2 aromatic rings. The number of nitrogens with zero attached hydrogens (tertiary/aromatic N) is 1. The van der Waals surface area contributed by atoms with Gasteiger partial charge in [-0.25, -0.2) is 8.78 Å². The molecule has 1 aromatic carbocycles. The number of piperazine rings is 1. The summed E-state index contributed by atoms with van der Waals surface area (Å²) in [5.74, 6) is -1.51. The summed E-state index contributed by atoms with van der Waals surface area (Å²) in [6.07, 6.45) is 0. The molecule has 2 heterocycles. The average molecular weight is 367 g/mol. The Hall–Kier alpha value is -0.720. The Bertz CT molecular complexity index is 575. The minimum Gasteiger partial charge on any atom is -0.314 e. The van der Waals surface area contributed by atoms with Gasteiger partial charge in [0, 0.05) is 36.6 Å². The van der Waals surface area contributed by atoms with Crippen LogP contribution in [0.2, 0.25) is 0 Å². The zero-order valence-electron chi connectivity index (χ0n) is 11.8. The van der Waals surface area contributed by atoms with Gasteiger partial charge in [0.2, 0.25) is 0 Å². The third-order valence-electron chi connectivity index (χ3n) is 3.61. The van der Waals surface area contributed by atoms with Gasteiger partial charge in [-0.3, -0.25) is 4.90 Å². The molecule has 0 spiro atoms. The Balaban J connectivity index is 0.00000121. The first-order valence-electron chi connectivity index (χ1n) is 6.69. The Morgan fingerprint density at radius 3 is 2.41 bits per heavy atom. The molecule has 0 bridgehead atoms. The normalized spacial score (nSPS) is 16.5. The summed E-state index contributed by atoms with van der Waals surface area (Å²) in [4.78, 5) is 3.26. The Labute approximate surface area is 145 Å². The number of rotatable bonds is 3. The highest BCUT2D eigenvalue weighted by atomic mass is 35.5. The average Bonchev–Trinajstić information content (AvgIpc) is 2.99. The van der Waals surface area contributed by atoms with Crippen LogP contribution in [-0.4, -0.2) is 31.1 Å². The van der Waals surface area contributed by atoms with E-state index in [9.17, 15) is 8.78 Å². The van der Waals surface area contributed by atoms with Gasteiger partial charge in [-0.2, -0.15) is 0 Å². The first kappa shape index (κ1) is 19.3. The summed E-state index contributed by atoms with van der Waals surface area (Å²) in [5, 5.41) is 5.26. The molecule has 7 heteroatoms. The fourth-order valence-electron chi connectivity index (χ4n) is 2.65. The summed E-state index contributed by atoms with van der Waals surface area (Å²) in [7, 11) is 0. The number of halogens is 4. The molecule has 2 nitrogen and oxygen atoms in total. The summed E-state index contributed by atoms with van der Waals surface area (Å²) < 4.78 is 27.7. The van der Waals surface area contributed by atoms with E-state index in [1.807, 2.05) is 17.5 Å². The summed E-state index contributed by atoms with van der Waals surface area (Å²) in [5.41, 5.74) is 0.425. The highest BCUT2D eigenvalue weighted by Crippen LogP contribution is 2.33. The lowest BCUT2D eigenvalue weighted by atomic mass is 10.0. The molecule has 0 aliphatic carbocycles. The van der Waals surface area contributed by atoms with E-state index in [0.29, 0.717) is 5.56 Å². The summed E-state index contributed by atoms with van der Waals surface area (Å²) >= 11 is 1.58. The minimum atomic E-state index is -0.779. The molecular weight excluding hydrogens is 349 g/mol. The number of hydrogen-bond donors (Lipinski definition) is 1. The van der Waals surface area contributed by atoms with Crippen molar-refractivity contribution in [2.45, 2.75) is 6.04 Å². The maximum absolute atomic E-state index is 14.2. The lowest BCUT2D eigenvalue weighted by Gasteiger charge is -2.34. The van der Waals surface area contributed by atoms with Crippen LogP contribution in [0.1, 0.15) is 16.5 Å². The Morgan fingerprint density at radius 2 is 1.77 bits per heavy atom. The van der Waals surface area contributed by atoms with Gasteiger partial charge in [-0.1, -0.05) is 18.2 Å². The molecule has 22 heavy (non-hydrogen) atoms. The van der Waals surface area contributed by atoms with Crippen molar-refractivity contribution in [3.63, 3.8) is 0 Å². The van der Waals surface area contributed by atoms with E-state index < -0.39 is 11.6 Å². The van der Waals surface area contributed by atoms with Crippen molar-refractivity contribution in [1.29, 1.82) is 0 Å². The predicted octanol–water partition coefficient (Wildman–Crippen LogP) is 3.86. The van der Waals surface area contributed by atoms with Crippen LogP contribution in [0.5, 0.6) is 0 Å². The standard InChI is InChI=1S/C15H16F2N2S.2ClH/c16-12-4-1-3-11(14(12)17)15(13-5-2-10-20-13)19-8-6-18-7-9-19;;/h1-5,10,15,18H,6-9H2;2*1H/t15-;;/m0../s1. The molecule has 3 rings (SSSR count). The fraction of sp³-hybridized carbons (Fsp3) is 0.333. The molecule has 1 aromatic heterocycles. The maximum atomic E-state index is 14.2. The highest BCUT2D eigenvalue weighted by molar-refractivity contribution is 7.10. The Morgan fingerprint density at radius 1 is 1.05 bits per heavy atom. The third-order valence-corrected chi connectivity index (χ3v) is 4.53. The van der Waals surface area contributed by atoms with Crippen molar-refractivity contribution in [3.8, 4) is 0 Å². The monoisotopic (exact) mass is 366 g/mol. The maximum Gasteiger partial charge on any atom is 0.163 e. The quantitative estimate of drug-likeness (QED) is 0.886. The number of hydrogen-bond acceptors (Lipinski definition) is 3. The SMILES string of the molecule is Cl.Cl.Fc1cccc([C@@H](c2cccs2)N2CCNCC2)c1F. The van der Waals surface area contributed by atoms with Gasteiger partial charge in [0.15, 0.2) is 11.6 Å². The van der Waals surface area contributed by atoms with Gasteiger partial charge in [0.1, 0.15) is 0 Å². The molecule has 1 fully saturated rings. The minimum absolute atomic E-state index is 0. The van der Waals surface area contributed by atoms with Crippen molar-refractivity contribution in [2.75, 3.05) is 26.2 Å². The van der Waals surface area contributed by atoms with Gasteiger partial charge in [0.05, 0.1) is 6.04 Å². The summed E-state index contributed by atoms with van der Waals surface area (Å²) in [6, 6.07) is 8.17. The topological polar surface area (TPSA) is 15.3 Å². The zero-order valence-corrected chi connectivity index (χ0v) is 14.2. The van der Waals surface area contributed by atoms with E-state index in [-0.39, 0.29) is 30.9 Å². The molecule has 1 saturated heterocycles. The molecule has 122 valence electrons.